The lowest BCUT2D eigenvalue weighted by molar-refractivity contribution is -0.138. The highest BCUT2D eigenvalue weighted by molar-refractivity contribution is 5.95. The van der Waals surface area contributed by atoms with Crippen molar-refractivity contribution in [1.29, 1.82) is 0 Å². The van der Waals surface area contributed by atoms with Crippen LogP contribution in [-0.2, 0) is 19.2 Å². The lowest BCUT2D eigenvalue weighted by atomic mass is 9.76. The molecule has 1 aromatic rings. The average Bonchev–Trinajstić information content (AvgIpc) is 3.52. The van der Waals surface area contributed by atoms with Crippen LogP contribution in [0.4, 0.5) is 8.78 Å². The fraction of sp³-hybridized carbons (Fsp3) is 0.611. The summed E-state index contributed by atoms with van der Waals surface area (Å²) in [5, 5.41) is 8.39. The molecule has 2 heterocycles. The molecule has 0 saturated carbocycles. The molecule has 4 rings (SSSR count). The fourth-order valence-corrected chi connectivity index (χ4v) is 6.99. The highest BCUT2D eigenvalue weighted by Gasteiger charge is 2.42. The van der Waals surface area contributed by atoms with Gasteiger partial charge in [0.25, 0.3) is 0 Å². The Hall–Kier alpha value is -3.56. The second-order valence-electron chi connectivity index (χ2n) is 13.4. The van der Waals surface area contributed by atoms with Crippen molar-refractivity contribution < 1.29 is 28.0 Å². The molecule has 46 heavy (non-hydrogen) atoms. The van der Waals surface area contributed by atoms with Crippen molar-refractivity contribution in [1.82, 2.24) is 20.9 Å². The normalized spacial score (nSPS) is 27.5. The standard InChI is InChI=1S/C36H50F2N4O4/c1-25(27-19-18-26(37)23-28(27)38)39-34(45)29-15-10-7-5-3-4-6-8-11-17-32(43)40-30(35(46)41-29)24-33(44)42-22-14-16-31(42)36(2)20-12-9-13-21-36/h9,12-13,18-20,23,25,29-31H,3-8,10-11,14-17,21-22,24H2,1-2H3,(H,39,45)(H,40,43)(H,41,46)/t25-,29-,30-,31+,36?/m0/s1. The summed E-state index contributed by atoms with van der Waals surface area (Å²) in [6, 6.07) is 0.285. The fourth-order valence-electron chi connectivity index (χ4n) is 6.99. The van der Waals surface area contributed by atoms with Crippen LogP contribution in [-0.4, -0.2) is 53.2 Å². The molecule has 2 fully saturated rings. The van der Waals surface area contributed by atoms with Gasteiger partial charge < -0.3 is 20.9 Å². The maximum absolute atomic E-state index is 14.5. The van der Waals surface area contributed by atoms with Crippen molar-refractivity contribution in [2.45, 2.75) is 128 Å². The topological polar surface area (TPSA) is 108 Å². The van der Waals surface area contributed by atoms with Crippen LogP contribution in [0.5, 0.6) is 0 Å². The van der Waals surface area contributed by atoms with Gasteiger partial charge in [-0.2, -0.15) is 0 Å². The number of hydrogen-bond donors (Lipinski definition) is 3. The number of nitrogens with zero attached hydrogens (tertiary/aromatic N) is 1. The molecular formula is C36H50F2N4O4. The van der Waals surface area contributed by atoms with Gasteiger partial charge >= 0.3 is 0 Å². The Morgan fingerprint density at radius 1 is 0.978 bits per heavy atom. The minimum Gasteiger partial charge on any atom is -0.348 e. The largest absolute Gasteiger partial charge is 0.348 e. The molecule has 3 aliphatic rings. The summed E-state index contributed by atoms with van der Waals surface area (Å²) in [6.07, 6.45) is 18.5. The molecule has 0 spiro atoms. The number of benzene rings is 1. The Morgan fingerprint density at radius 3 is 2.39 bits per heavy atom. The quantitative estimate of drug-likeness (QED) is 0.358. The number of allylic oxidation sites excluding steroid dienone is 3. The number of carbonyl (C=O) groups excluding carboxylic acids is 4. The third kappa shape index (κ3) is 9.72. The smallest absolute Gasteiger partial charge is 0.243 e. The molecule has 252 valence electrons. The van der Waals surface area contributed by atoms with E-state index in [9.17, 15) is 28.0 Å². The molecule has 2 aliphatic heterocycles. The van der Waals surface area contributed by atoms with Crippen LogP contribution < -0.4 is 16.0 Å². The molecule has 0 aromatic heterocycles. The van der Waals surface area contributed by atoms with Crippen LogP contribution >= 0.6 is 0 Å². The van der Waals surface area contributed by atoms with Crippen molar-refractivity contribution in [3.05, 3.63) is 59.7 Å². The molecule has 1 aromatic carbocycles. The van der Waals surface area contributed by atoms with Gasteiger partial charge in [0.15, 0.2) is 0 Å². The van der Waals surface area contributed by atoms with E-state index in [1.165, 1.54) is 6.07 Å². The van der Waals surface area contributed by atoms with Gasteiger partial charge in [0, 0.05) is 36.1 Å². The Labute approximate surface area is 271 Å². The van der Waals surface area contributed by atoms with Crippen LogP contribution in [0.1, 0.15) is 115 Å². The van der Waals surface area contributed by atoms with Crippen LogP contribution in [0.15, 0.2) is 42.5 Å². The van der Waals surface area contributed by atoms with Crippen molar-refractivity contribution in [3.8, 4) is 0 Å². The maximum atomic E-state index is 14.5. The number of carbonyl (C=O) groups is 4. The van der Waals surface area contributed by atoms with E-state index in [0.717, 1.165) is 69.9 Å². The minimum absolute atomic E-state index is 0.0157. The molecule has 2 saturated heterocycles. The zero-order valence-electron chi connectivity index (χ0n) is 27.3. The molecule has 0 radical (unpaired) electrons. The zero-order valence-corrected chi connectivity index (χ0v) is 27.3. The summed E-state index contributed by atoms with van der Waals surface area (Å²) < 4.78 is 27.9. The van der Waals surface area contributed by atoms with Gasteiger partial charge in [-0.15, -0.1) is 0 Å². The summed E-state index contributed by atoms with van der Waals surface area (Å²) in [7, 11) is 0. The van der Waals surface area contributed by atoms with E-state index in [1.54, 1.807) is 6.92 Å². The summed E-state index contributed by atoms with van der Waals surface area (Å²) in [6.45, 7) is 4.32. The van der Waals surface area contributed by atoms with E-state index in [-0.39, 0.29) is 41.7 Å². The summed E-state index contributed by atoms with van der Waals surface area (Å²) >= 11 is 0. The first-order valence-corrected chi connectivity index (χ1v) is 17.1. The second-order valence-corrected chi connectivity index (χ2v) is 13.4. The van der Waals surface area contributed by atoms with Crippen molar-refractivity contribution in [2.75, 3.05) is 6.54 Å². The number of rotatable bonds is 6. The molecule has 1 unspecified atom stereocenters. The predicted octanol–water partition coefficient (Wildman–Crippen LogP) is 5.93. The first-order chi connectivity index (χ1) is 22.1. The Bertz CT molecular complexity index is 1300. The summed E-state index contributed by atoms with van der Waals surface area (Å²) in [5.74, 6) is -3.10. The van der Waals surface area contributed by atoms with Gasteiger partial charge in [-0.3, -0.25) is 19.2 Å². The molecule has 0 bridgehead atoms. The van der Waals surface area contributed by atoms with Gasteiger partial charge in [0.2, 0.25) is 23.6 Å². The molecular weight excluding hydrogens is 590 g/mol. The number of hydrogen-bond acceptors (Lipinski definition) is 4. The monoisotopic (exact) mass is 640 g/mol. The third-order valence-corrected chi connectivity index (χ3v) is 9.71. The molecule has 5 atom stereocenters. The van der Waals surface area contributed by atoms with E-state index >= 15 is 0 Å². The molecule has 1 aliphatic carbocycles. The van der Waals surface area contributed by atoms with E-state index in [1.807, 2.05) is 17.1 Å². The van der Waals surface area contributed by atoms with E-state index in [4.69, 9.17) is 0 Å². The minimum atomic E-state index is -1.15. The highest BCUT2D eigenvalue weighted by atomic mass is 19.1. The lowest BCUT2D eigenvalue weighted by Gasteiger charge is -2.39. The van der Waals surface area contributed by atoms with Crippen molar-refractivity contribution in [3.63, 3.8) is 0 Å². The first kappa shape index (κ1) is 35.3. The van der Waals surface area contributed by atoms with Crippen LogP contribution in [0, 0.1) is 17.0 Å². The summed E-state index contributed by atoms with van der Waals surface area (Å²) in [5.41, 5.74) is -0.0845. The number of likely N-dealkylation sites (tertiary alicyclic amines) is 1. The first-order valence-electron chi connectivity index (χ1n) is 17.1. The van der Waals surface area contributed by atoms with E-state index in [0.29, 0.717) is 25.8 Å². The number of halogens is 2. The van der Waals surface area contributed by atoms with Crippen LogP contribution in [0.3, 0.4) is 0 Å². The predicted molar refractivity (Wildman–Crippen MR) is 173 cm³/mol. The molecule has 10 heteroatoms. The average molecular weight is 641 g/mol. The Kier molecular flexibility index (Phi) is 12.9. The van der Waals surface area contributed by atoms with Gasteiger partial charge in [0.05, 0.1) is 12.5 Å². The van der Waals surface area contributed by atoms with Gasteiger partial charge in [0.1, 0.15) is 23.7 Å². The van der Waals surface area contributed by atoms with E-state index < -0.39 is 41.6 Å². The number of amides is 4. The zero-order chi connectivity index (χ0) is 33.1. The van der Waals surface area contributed by atoms with Gasteiger partial charge in [-0.25, -0.2) is 8.78 Å². The maximum Gasteiger partial charge on any atom is 0.243 e. The van der Waals surface area contributed by atoms with Gasteiger partial charge in [-0.1, -0.05) is 82.2 Å². The lowest BCUT2D eigenvalue weighted by Crippen LogP contribution is -2.55. The van der Waals surface area contributed by atoms with Gasteiger partial charge in [-0.05, 0) is 45.1 Å². The Morgan fingerprint density at radius 2 is 1.70 bits per heavy atom. The third-order valence-electron chi connectivity index (χ3n) is 9.71. The second kappa shape index (κ2) is 16.8. The SMILES string of the molecule is C[C@H](NC(=O)[C@@H]1CCCCCCCCCCC(=O)N[C@@H](CC(=O)N2CCC[C@@H]2C2(C)C=CC=CC2)C(=O)N1)c1ccc(F)cc1F. The molecule has 8 nitrogen and oxygen atoms in total. The van der Waals surface area contributed by atoms with Crippen molar-refractivity contribution in [2.24, 2.45) is 5.41 Å². The van der Waals surface area contributed by atoms with Crippen LogP contribution in [0.25, 0.3) is 0 Å². The highest BCUT2D eigenvalue weighted by Crippen LogP contribution is 2.39. The Balaban J connectivity index is 1.51. The number of nitrogens with one attached hydrogen (secondary N) is 3. The molecule has 4 amide bonds. The molecule has 3 N–H and O–H groups in total. The van der Waals surface area contributed by atoms with Crippen molar-refractivity contribution >= 4 is 23.6 Å². The summed E-state index contributed by atoms with van der Waals surface area (Å²) in [4.78, 5) is 56.0. The van der Waals surface area contributed by atoms with E-state index in [2.05, 4.69) is 35.0 Å². The van der Waals surface area contributed by atoms with Crippen LogP contribution in [0.2, 0.25) is 0 Å².